The Bertz CT molecular complexity index is 350. The highest BCUT2D eigenvalue weighted by Gasteiger charge is 2.37. The fraction of sp³-hybridized carbons (Fsp3) is 1.00. The number of nitrogens with one attached hydrogen (secondary N) is 1. The molecule has 0 rings (SSSR count). The van der Waals surface area contributed by atoms with Crippen molar-refractivity contribution in [2.45, 2.75) is 119 Å². The van der Waals surface area contributed by atoms with Crippen LogP contribution in [0.5, 0.6) is 0 Å². The van der Waals surface area contributed by atoms with Gasteiger partial charge in [0.05, 0.1) is 7.29 Å². The second-order valence-corrected chi connectivity index (χ2v) is 13.3. The van der Waals surface area contributed by atoms with Gasteiger partial charge in [0.15, 0.2) is 7.51 Å². The van der Waals surface area contributed by atoms with Crippen molar-refractivity contribution in [3.05, 3.63) is 0 Å². The van der Waals surface area contributed by atoms with Crippen molar-refractivity contribution in [3.63, 3.8) is 0 Å². The van der Waals surface area contributed by atoms with Crippen molar-refractivity contribution >= 4 is 37.3 Å². The van der Waals surface area contributed by atoms with Crippen LogP contribution in [0.25, 0.3) is 0 Å². The smallest absolute Gasteiger partial charge is 0.165 e. The highest BCUT2D eigenvalue weighted by Crippen LogP contribution is 2.58. The highest BCUT2D eigenvalue weighted by atomic mass is 35.9. The van der Waals surface area contributed by atoms with E-state index in [1.54, 1.807) is 0 Å². The molecule has 0 aliphatic heterocycles. The summed E-state index contributed by atoms with van der Waals surface area (Å²) in [4.78, 5) is 0. The van der Waals surface area contributed by atoms with Crippen molar-refractivity contribution in [2.24, 2.45) is 0 Å². The molecule has 0 aromatic rings. The lowest BCUT2D eigenvalue weighted by molar-refractivity contribution is 0.288. The molecule has 0 aliphatic carbocycles. The SMILES string of the molecule is CCCCN(CCCC)P(=N)(N(CCCC)CCCC)N(CCCC)CCCC.ClPCl. The van der Waals surface area contributed by atoms with E-state index >= 15 is 0 Å². The van der Waals surface area contributed by atoms with Gasteiger partial charge >= 0.3 is 0 Å². The third-order valence-corrected chi connectivity index (χ3v) is 9.37. The van der Waals surface area contributed by atoms with Gasteiger partial charge in [0, 0.05) is 39.3 Å². The van der Waals surface area contributed by atoms with E-state index in [2.05, 4.69) is 55.6 Å². The normalized spacial score (nSPS) is 12.0. The molecule has 196 valence electrons. The van der Waals surface area contributed by atoms with E-state index < -0.39 is 7.51 Å². The summed E-state index contributed by atoms with van der Waals surface area (Å²) in [5, 5.41) is 10.2. The summed E-state index contributed by atoms with van der Waals surface area (Å²) < 4.78 is 7.95. The van der Waals surface area contributed by atoms with Gasteiger partial charge in [0.25, 0.3) is 0 Å². The molecule has 8 heteroatoms. The van der Waals surface area contributed by atoms with Gasteiger partial charge < -0.3 is 0 Å². The fourth-order valence-electron chi connectivity index (χ4n) is 3.75. The van der Waals surface area contributed by atoms with Crippen LogP contribution in [0.4, 0.5) is 0 Å². The Morgan fingerprint density at radius 3 is 0.781 bits per heavy atom. The molecule has 1 N–H and O–H groups in total. The highest BCUT2D eigenvalue weighted by molar-refractivity contribution is 7.90. The summed E-state index contributed by atoms with van der Waals surface area (Å²) in [6.07, 6.45) is 14.6. The Labute approximate surface area is 213 Å². The molecular formula is C24H56Cl2N4P2. The van der Waals surface area contributed by atoms with Gasteiger partial charge in [-0.1, -0.05) is 103 Å². The van der Waals surface area contributed by atoms with Gasteiger partial charge in [0.2, 0.25) is 0 Å². The van der Waals surface area contributed by atoms with E-state index in [0.717, 1.165) is 39.3 Å². The number of hydrogen-bond donors (Lipinski definition) is 1. The average Bonchev–Trinajstić information content (AvgIpc) is 2.79. The van der Waals surface area contributed by atoms with E-state index in [1.165, 1.54) is 77.0 Å². The molecule has 0 spiro atoms. The van der Waals surface area contributed by atoms with Crippen LogP contribution in [-0.2, 0) is 0 Å². The predicted octanol–water partition coefficient (Wildman–Crippen LogP) is 10.2. The van der Waals surface area contributed by atoms with Gasteiger partial charge in [-0.05, 0) is 38.5 Å². The van der Waals surface area contributed by atoms with Gasteiger partial charge in [-0.15, -0.1) is 0 Å². The van der Waals surface area contributed by atoms with E-state index in [9.17, 15) is 5.16 Å². The molecule has 0 radical (unpaired) electrons. The zero-order valence-electron chi connectivity index (χ0n) is 22.3. The Balaban J connectivity index is 0. The molecule has 0 bridgehead atoms. The van der Waals surface area contributed by atoms with Gasteiger partial charge in [-0.3, -0.25) is 5.16 Å². The molecule has 0 heterocycles. The average molecular weight is 534 g/mol. The molecule has 32 heavy (non-hydrogen) atoms. The number of nitrogens with zero attached hydrogens (tertiary/aromatic N) is 3. The molecule has 0 fully saturated rings. The van der Waals surface area contributed by atoms with Crippen molar-refractivity contribution in [3.8, 4) is 0 Å². The van der Waals surface area contributed by atoms with Crippen LogP contribution in [0.2, 0.25) is 0 Å². The van der Waals surface area contributed by atoms with Crippen LogP contribution in [0.15, 0.2) is 0 Å². The first-order valence-corrected chi connectivity index (χ1v) is 18.0. The molecule has 0 aliphatic rings. The topological polar surface area (TPSA) is 33.6 Å². The molecule has 0 atom stereocenters. The zero-order chi connectivity index (χ0) is 24.7. The lowest BCUT2D eigenvalue weighted by Gasteiger charge is -2.49. The van der Waals surface area contributed by atoms with Crippen molar-refractivity contribution in [1.82, 2.24) is 14.0 Å². The van der Waals surface area contributed by atoms with Crippen LogP contribution in [0, 0.1) is 5.16 Å². The first kappa shape index (κ1) is 35.3. The molecule has 0 amide bonds. The van der Waals surface area contributed by atoms with Crippen LogP contribution < -0.4 is 0 Å². The third-order valence-electron chi connectivity index (χ3n) is 5.80. The van der Waals surface area contributed by atoms with Crippen LogP contribution >= 0.6 is 37.3 Å². The van der Waals surface area contributed by atoms with E-state index in [-0.39, 0.29) is 7.29 Å². The monoisotopic (exact) mass is 532 g/mol. The van der Waals surface area contributed by atoms with E-state index in [1.807, 2.05) is 0 Å². The van der Waals surface area contributed by atoms with Crippen LogP contribution in [-0.4, -0.2) is 53.3 Å². The summed E-state index contributed by atoms with van der Waals surface area (Å²) in [5.74, 6) is 0. The summed E-state index contributed by atoms with van der Waals surface area (Å²) in [5.41, 5.74) is 0. The largest absolute Gasteiger partial charge is 0.277 e. The zero-order valence-corrected chi connectivity index (χ0v) is 25.7. The van der Waals surface area contributed by atoms with Crippen LogP contribution in [0.1, 0.15) is 119 Å². The van der Waals surface area contributed by atoms with Gasteiger partial charge in [-0.25, -0.2) is 14.0 Å². The second-order valence-electron chi connectivity index (χ2n) is 8.62. The lowest BCUT2D eigenvalue weighted by Crippen LogP contribution is -2.43. The first-order chi connectivity index (χ1) is 15.5. The predicted molar refractivity (Wildman–Crippen MR) is 154 cm³/mol. The molecular weight excluding hydrogens is 477 g/mol. The van der Waals surface area contributed by atoms with Crippen molar-refractivity contribution in [1.29, 1.82) is 5.16 Å². The summed E-state index contributed by atoms with van der Waals surface area (Å²) in [6, 6.07) is 0. The van der Waals surface area contributed by atoms with Crippen LogP contribution in [0.3, 0.4) is 0 Å². The minimum atomic E-state index is -2.23. The Morgan fingerprint density at radius 2 is 0.656 bits per heavy atom. The maximum absolute atomic E-state index is 10.2. The summed E-state index contributed by atoms with van der Waals surface area (Å²) in [6.45, 7) is 20.3. The molecule has 0 aromatic heterocycles. The number of halogens is 2. The number of hydrogen-bond acceptors (Lipinski definition) is 1. The summed E-state index contributed by atoms with van der Waals surface area (Å²) in [7, 11) is -2.20. The van der Waals surface area contributed by atoms with E-state index in [0.29, 0.717) is 0 Å². The molecule has 0 saturated heterocycles. The Morgan fingerprint density at radius 1 is 0.500 bits per heavy atom. The standard InChI is InChI=1S/C24H55N4P.Cl2HP/c1-7-13-19-26(20-14-8-2)29(25,27(21-15-9-3)22-16-10-4)28(23-17-11-5)24-18-12-6;1-3-2/h25H,7-24H2,1-6H3;3H. The fourth-order valence-corrected chi connectivity index (χ4v) is 7.35. The van der Waals surface area contributed by atoms with Gasteiger partial charge in [0.1, 0.15) is 0 Å². The lowest BCUT2D eigenvalue weighted by atomic mass is 10.3. The molecule has 4 nitrogen and oxygen atoms in total. The maximum Gasteiger partial charge on any atom is 0.165 e. The Kier molecular flexibility index (Phi) is 27.8. The van der Waals surface area contributed by atoms with Crippen molar-refractivity contribution in [2.75, 3.05) is 39.3 Å². The second kappa shape index (κ2) is 25.2. The quantitative estimate of drug-likeness (QED) is 0.149. The maximum atomic E-state index is 10.2. The molecule has 0 saturated carbocycles. The Hall–Kier alpha value is 1.12. The number of unbranched alkanes of at least 4 members (excludes halogenated alkanes) is 6. The molecule has 0 aromatic carbocycles. The molecule has 0 unspecified atom stereocenters. The minimum absolute atomic E-state index is 0.0278. The minimum Gasteiger partial charge on any atom is -0.277 e. The third kappa shape index (κ3) is 15.2. The van der Waals surface area contributed by atoms with E-state index in [4.69, 9.17) is 22.5 Å². The first-order valence-electron chi connectivity index (χ1n) is 13.3. The van der Waals surface area contributed by atoms with Gasteiger partial charge in [-0.2, -0.15) is 0 Å². The van der Waals surface area contributed by atoms with Crippen molar-refractivity contribution < 1.29 is 0 Å². The number of rotatable bonds is 21. The summed E-state index contributed by atoms with van der Waals surface area (Å²) >= 11 is 9.58.